The van der Waals surface area contributed by atoms with Gasteiger partial charge in [0.05, 0.1) is 9.40 Å². The normalized spacial score (nSPS) is 10.2. The van der Waals surface area contributed by atoms with Crippen molar-refractivity contribution in [3.8, 4) is 11.5 Å². The molecule has 0 aliphatic carbocycles. The van der Waals surface area contributed by atoms with Crippen LogP contribution < -0.4 is 4.74 Å². The molecule has 0 heterocycles. The highest BCUT2D eigenvalue weighted by molar-refractivity contribution is 9.10. The van der Waals surface area contributed by atoms with Crippen LogP contribution in [0.1, 0.15) is 15.9 Å². The Hall–Kier alpha value is -2.41. The zero-order chi connectivity index (χ0) is 15.6. The SMILES string of the molecule is Cc1c(C(=O)Oc2ccccc2)c(O)cc(Br)c1[N+](=O)[O-]. The molecule has 108 valence electrons. The number of carbonyl (C=O) groups excluding carboxylic acids is 1. The van der Waals surface area contributed by atoms with Gasteiger partial charge in [0.1, 0.15) is 17.1 Å². The molecular weight excluding hydrogens is 342 g/mol. The average Bonchev–Trinajstić information content (AvgIpc) is 2.38. The Morgan fingerprint density at radius 2 is 1.95 bits per heavy atom. The molecule has 0 bridgehead atoms. The number of nitro benzene ring substituents is 1. The van der Waals surface area contributed by atoms with E-state index in [1.54, 1.807) is 30.3 Å². The van der Waals surface area contributed by atoms with Gasteiger partial charge in [-0.3, -0.25) is 10.1 Å². The van der Waals surface area contributed by atoms with E-state index >= 15 is 0 Å². The van der Waals surface area contributed by atoms with Crippen molar-refractivity contribution in [3.63, 3.8) is 0 Å². The van der Waals surface area contributed by atoms with Crippen LogP contribution in [-0.4, -0.2) is 16.0 Å². The molecule has 0 radical (unpaired) electrons. The monoisotopic (exact) mass is 351 g/mol. The maximum absolute atomic E-state index is 12.1. The fourth-order valence-electron chi connectivity index (χ4n) is 1.88. The number of nitrogens with zero attached hydrogens (tertiary/aromatic N) is 1. The Morgan fingerprint density at radius 3 is 2.52 bits per heavy atom. The molecule has 0 amide bonds. The number of nitro groups is 1. The van der Waals surface area contributed by atoms with Crippen molar-refractivity contribution >= 4 is 27.6 Å². The molecule has 0 aromatic heterocycles. The van der Waals surface area contributed by atoms with Gasteiger partial charge in [0.2, 0.25) is 0 Å². The molecule has 0 aliphatic rings. The fourth-order valence-corrected chi connectivity index (χ4v) is 2.54. The summed E-state index contributed by atoms with van der Waals surface area (Å²) >= 11 is 2.99. The van der Waals surface area contributed by atoms with Crippen LogP contribution in [-0.2, 0) is 0 Å². The average molecular weight is 352 g/mol. The van der Waals surface area contributed by atoms with Gasteiger partial charge in [-0.05, 0) is 35.0 Å². The van der Waals surface area contributed by atoms with Gasteiger partial charge in [0.15, 0.2) is 0 Å². The lowest BCUT2D eigenvalue weighted by atomic mass is 10.1. The Kier molecular flexibility index (Phi) is 4.23. The maximum atomic E-state index is 12.1. The van der Waals surface area contributed by atoms with Gasteiger partial charge >= 0.3 is 5.97 Å². The fraction of sp³-hybridized carbons (Fsp3) is 0.0714. The molecule has 1 N–H and O–H groups in total. The van der Waals surface area contributed by atoms with Crippen molar-refractivity contribution in [2.24, 2.45) is 0 Å². The van der Waals surface area contributed by atoms with Gasteiger partial charge in [0.25, 0.3) is 5.69 Å². The molecular formula is C14H10BrNO5. The zero-order valence-corrected chi connectivity index (χ0v) is 12.5. The summed E-state index contributed by atoms with van der Waals surface area (Å²) in [5, 5.41) is 20.9. The Morgan fingerprint density at radius 1 is 1.33 bits per heavy atom. The predicted octanol–water partition coefficient (Wildman–Crippen LogP) is 3.59. The van der Waals surface area contributed by atoms with Crippen molar-refractivity contribution in [3.05, 3.63) is 62.1 Å². The van der Waals surface area contributed by atoms with Crippen LogP contribution in [0.4, 0.5) is 5.69 Å². The number of ether oxygens (including phenoxy) is 1. The first kappa shape index (κ1) is 15.0. The van der Waals surface area contributed by atoms with E-state index in [1.807, 2.05) is 0 Å². The number of benzene rings is 2. The highest BCUT2D eigenvalue weighted by Crippen LogP contribution is 2.36. The summed E-state index contributed by atoms with van der Waals surface area (Å²) < 4.78 is 5.20. The Bertz CT molecular complexity index is 715. The van der Waals surface area contributed by atoms with Crippen LogP contribution in [0.15, 0.2) is 40.9 Å². The first-order valence-corrected chi connectivity index (χ1v) is 6.64. The van der Waals surface area contributed by atoms with E-state index in [0.29, 0.717) is 0 Å². The number of hydrogen-bond donors (Lipinski definition) is 1. The molecule has 2 aromatic rings. The van der Waals surface area contributed by atoms with Crippen molar-refractivity contribution in [2.75, 3.05) is 0 Å². The minimum atomic E-state index is -0.855. The number of carbonyl (C=O) groups is 1. The minimum absolute atomic E-state index is 0.0350. The third kappa shape index (κ3) is 3.03. The van der Waals surface area contributed by atoms with Crippen molar-refractivity contribution in [1.82, 2.24) is 0 Å². The number of halogens is 1. The van der Waals surface area contributed by atoms with Gasteiger partial charge in [-0.2, -0.15) is 0 Å². The zero-order valence-electron chi connectivity index (χ0n) is 10.9. The number of hydrogen-bond acceptors (Lipinski definition) is 5. The molecule has 0 saturated heterocycles. The van der Waals surface area contributed by atoms with Gasteiger partial charge in [0, 0.05) is 11.6 Å². The van der Waals surface area contributed by atoms with E-state index in [4.69, 9.17) is 4.74 Å². The largest absolute Gasteiger partial charge is 0.507 e. The maximum Gasteiger partial charge on any atom is 0.347 e. The second kappa shape index (κ2) is 5.92. The van der Waals surface area contributed by atoms with Gasteiger partial charge in [-0.25, -0.2) is 4.79 Å². The lowest BCUT2D eigenvalue weighted by Gasteiger charge is -2.10. The molecule has 0 unspecified atom stereocenters. The molecule has 0 fully saturated rings. The van der Waals surface area contributed by atoms with Gasteiger partial charge in [-0.15, -0.1) is 0 Å². The van der Waals surface area contributed by atoms with Crippen LogP contribution in [0.5, 0.6) is 11.5 Å². The number of esters is 1. The second-order valence-corrected chi connectivity index (χ2v) is 5.04. The summed E-state index contributed by atoms with van der Waals surface area (Å²) in [7, 11) is 0. The van der Waals surface area contributed by atoms with Crippen LogP contribution in [0.25, 0.3) is 0 Å². The van der Waals surface area contributed by atoms with E-state index in [1.165, 1.54) is 6.92 Å². The van der Waals surface area contributed by atoms with E-state index in [0.717, 1.165) is 6.07 Å². The highest BCUT2D eigenvalue weighted by atomic mass is 79.9. The summed E-state index contributed by atoms with van der Waals surface area (Å²) in [6.45, 7) is 1.38. The quantitative estimate of drug-likeness (QED) is 0.395. The topological polar surface area (TPSA) is 89.7 Å². The molecule has 0 saturated carbocycles. The summed E-state index contributed by atoms with van der Waals surface area (Å²) in [5.41, 5.74) is -0.477. The third-order valence-electron chi connectivity index (χ3n) is 2.82. The molecule has 6 nitrogen and oxygen atoms in total. The summed E-state index contributed by atoms with van der Waals surface area (Å²) in [5.74, 6) is -0.954. The Balaban J connectivity index is 2.46. The molecule has 2 aromatic carbocycles. The summed E-state index contributed by atoms with van der Waals surface area (Å²) in [6.07, 6.45) is 0. The number of aromatic hydroxyl groups is 1. The first-order valence-electron chi connectivity index (χ1n) is 5.85. The standard InChI is InChI=1S/C14H10BrNO5/c1-8-12(11(17)7-10(15)13(8)16(19)20)14(18)21-9-5-3-2-4-6-9/h2-7,17H,1H3. The van der Waals surface area contributed by atoms with Crippen molar-refractivity contribution in [1.29, 1.82) is 0 Å². The van der Waals surface area contributed by atoms with Gasteiger partial charge in [-0.1, -0.05) is 18.2 Å². The van der Waals surface area contributed by atoms with Crippen molar-refractivity contribution in [2.45, 2.75) is 6.92 Å². The molecule has 0 spiro atoms. The lowest BCUT2D eigenvalue weighted by molar-refractivity contribution is -0.386. The van der Waals surface area contributed by atoms with E-state index in [9.17, 15) is 20.0 Å². The van der Waals surface area contributed by atoms with Crippen molar-refractivity contribution < 1.29 is 19.6 Å². The number of rotatable bonds is 3. The van der Waals surface area contributed by atoms with Crippen LogP contribution in [0, 0.1) is 17.0 Å². The van der Waals surface area contributed by atoms with E-state index in [-0.39, 0.29) is 32.8 Å². The highest BCUT2D eigenvalue weighted by Gasteiger charge is 2.27. The second-order valence-electron chi connectivity index (χ2n) is 4.19. The molecule has 21 heavy (non-hydrogen) atoms. The summed E-state index contributed by atoms with van der Waals surface area (Å²) in [6, 6.07) is 9.35. The third-order valence-corrected chi connectivity index (χ3v) is 3.42. The summed E-state index contributed by atoms with van der Waals surface area (Å²) in [4.78, 5) is 22.5. The van der Waals surface area contributed by atoms with E-state index < -0.39 is 10.9 Å². The molecule has 0 atom stereocenters. The Labute approximate surface area is 128 Å². The molecule has 0 aliphatic heterocycles. The van der Waals surface area contributed by atoms with Crippen LogP contribution in [0.2, 0.25) is 0 Å². The van der Waals surface area contributed by atoms with Crippen LogP contribution in [0.3, 0.4) is 0 Å². The number of phenolic OH excluding ortho intramolecular Hbond substituents is 1. The van der Waals surface area contributed by atoms with Gasteiger partial charge < -0.3 is 9.84 Å². The smallest absolute Gasteiger partial charge is 0.347 e. The minimum Gasteiger partial charge on any atom is -0.507 e. The van der Waals surface area contributed by atoms with Crippen LogP contribution >= 0.6 is 15.9 Å². The predicted molar refractivity (Wildman–Crippen MR) is 78.6 cm³/mol. The lowest BCUT2D eigenvalue weighted by Crippen LogP contribution is -2.12. The number of phenols is 1. The van der Waals surface area contributed by atoms with E-state index in [2.05, 4.69) is 15.9 Å². The molecule has 2 rings (SSSR count). The molecule has 7 heteroatoms. The first-order chi connectivity index (χ1) is 9.91. The number of para-hydroxylation sites is 1.